The van der Waals surface area contributed by atoms with Crippen molar-refractivity contribution in [3.63, 3.8) is 0 Å². The Labute approximate surface area is 109 Å². The second-order valence-corrected chi connectivity index (χ2v) is 6.29. The summed E-state index contributed by atoms with van der Waals surface area (Å²) in [5, 5.41) is 0. The van der Waals surface area contributed by atoms with Crippen molar-refractivity contribution in [1.82, 2.24) is 9.80 Å². The normalized spacial score (nSPS) is 32.7. The summed E-state index contributed by atoms with van der Waals surface area (Å²) in [7, 11) is 0. The van der Waals surface area contributed by atoms with Crippen LogP contribution in [-0.4, -0.2) is 53.2 Å². The van der Waals surface area contributed by atoms with E-state index < -0.39 is 0 Å². The number of ether oxygens (including phenoxy) is 1. The van der Waals surface area contributed by atoms with Gasteiger partial charge in [0.15, 0.2) is 0 Å². The van der Waals surface area contributed by atoms with Gasteiger partial charge >= 0.3 is 6.09 Å². The Hall–Kier alpha value is -0.770. The summed E-state index contributed by atoms with van der Waals surface area (Å²) < 4.78 is 5.62. The maximum atomic E-state index is 12.2. The van der Waals surface area contributed by atoms with Crippen LogP contribution < -0.4 is 0 Å². The zero-order valence-electron chi connectivity index (χ0n) is 11.5. The Morgan fingerprint density at radius 2 is 1.78 bits per heavy atom. The van der Waals surface area contributed by atoms with E-state index in [0.717, 1.165) is 25.9 Å². The van der Waals surface area contributed by atoms with E-state index >= 15 is 0 Å². The van der Waals surface area contributed by atoms with Crippen molar-refractivity contribution in [1.29, 1.82) is 0 Å². The number of piperazine rings is 1. The minimum absolute atomic E-state index is 0.0495. The van der Waals surface area contributed by atoms with E-state index in [-0.39, 0.29) is 12.2 Å². The van der Waals surface area contributed by atoms with Gasteiger partial charge in [0.2, 0.25) is 0 Å². The van der Waals surface area contributed by atoms with Crippen molar-refractivity contribution in [2.24, 2.45) is 0 Å². The molecule has 18 heavy (non-hydrogen) atoms. The molecule has 0 radical (unpaired) electrons. The van der Waals surface area contributed by atoms with Crippen LogP contribution in [0.1, 0.15) is 46.0 Å². The van der Waals surface area contributed by atoms with Crippen LogP contribution in [0, 0.1) is 0 Å². The average Bonchev–Trinajstić information content (AvgIpc) is 2.81. The van der Waals surface area contributed by atoms with Crippen molar-refractivity contribution >= 4 is 6.09 Å². The third-order valence-electron chi connectivity index (χ3n) is 4.73. The smallest absolute Gasteiger partial charge is 0.410 e. The minimum Gasteiger partial charge on any atom is -0.446 e. The van der Waals surface area contributed by atoms with Crippen LogP contribution in [0.5, 0.6) is 0 Å². The van der Waals surface area contributed by atoms with Gasteiger partial charge in [-0.3, -0.25) is 9.80 Å². The molecule has 2 unspecified atom stereocenters. The predicted molar refractivity (Wildman–Crippen MR) is 69.5 cm³/mol. The summed E-state index contributed by atoms with van der Waals surface area (Å²) in [4.78, 5) is 16.6. The van der Waals surface area contributed by atoms with Crippen molar-refractivity contribution < 1.29 is 9.53 Å². The molecule has 3 aliphatic heterocycles. The van der Waals surface area contributed by atoms with Crippen LogP contribution in [-0.2, 0) is 4.74 Å². The molecule has 2 bridgehead atoms. The fraction of sp³-hybridized carbons (Fsp3) is 0.929. The Balaban J connectivity index is 1.54. The Kier molecular flexibility index (Phi) is 3.22. The highest BCUT2D eigenvalue weighted by molar-refractivity contribution is 5.70. The van der Waals surface area contributed by atoms with E-state index in [0.29, 0.717) is 18.1 Å². The van der Waals surface area contributed by atoms with Crippen LogP contribution in [0.15, 0.2) is 0 Å². The molecule has 4 fully saturated rings. The van der Waals surface area contributed by atoms with Gasteiger partial charge in [0, 0.05) is 19.1 Å². The molecule has 1 saturated carbocycles. The standard InChI is InChI=1S/C14H24N2O2/c1-10(2)15-8-11-7-12(9-15)16(11)14(17)18-13-5-3-4-6-13/h10-13H,3-9H2,1-2H3. The second kappa shape index (κ2) is 4.72. The zero-order valence-corrected chi connectivity index (χ0v) is 11.5. The highest BCUT2D eigenvalue weighted by atomic mass is 16.6. The van der Waals surface area contributed by atoms with Crippen LogP contribution in [0.25, 0.3) is 0 Å². The van der Waals surface area contributed by atoms with E-state index in [2.05, 4.69) is 18.7 Å². The average molecular weight is 252 g/mol. The lowest BCUT2D eigenvalue weighted by atomic mass is 9.87. The predicted octanol–water partition coefficient (Wildman–Crippen LogP) is 2.23. The number of hydrogen-bond acceptors (Lipinski definition) is 3. The molecular formula is C14H24N2O2. The maximum absolute atomic E-state index is 12.2. The van der Waals surface area contributed by atoms with Gasteiger partial charge < -0.3 is 4.74 Å². The molecule has 1 aliphatic carbocycles. The van der Waals surface area contributed by atoms with Gasteiger partial charge in [-0.2, -0.15) is 0 Å². The highest BCUT2D eigenvalue weighted by Crippen LogP contribution is 2.34. The Bertz CT molecular complexity index is 314. The van der Waals surface area contributed by atoms with E-state index in [1.165, 1.54) is 19.3 Å². The summed E-state index contributed by atoms with van der Waals surface area (Å²) in [6.45, 7) is 6.50. The van der Waals surface area contributed by atoms with Crippen molar-refractivity contribution in [3.8, 4) is 0 Å². The van der Waals surface area contributed by atoms with E-state index in [1.54, 1.807) is 0 Å². The first-order valence-corrected chi connectivity index (χ1v) is 7.38. The van der Waals surface area contributed by atoms with Gasteiger partial charge in [0.05, 0.1) is 12.1 Å². The molecule has 0 aromatic heterocycles. The maximum Gasteiger partial charge on any atom is 0.410 e. The number of amides is 1. The summed E-state index contributed by atoms with van der Waals surface area (Å²) in [5.41, 5.74) is 0. The molecule has 0 N–H and O–H groups in total. The summed E-state index contributed by atoms with van der Waals surface area (Å²) >= 11 is 0. The SMILES string of the molecule is CC(C)N1CC2CC(C1)N2C(=O)OC1CCCC1. The molecule has 0 aromatic carbocycles. The quantitative estimate of drug-likeness (QED) is 0.755. The molecule has 1 amide bonds. The first-order chi connectivity index (χ1) is 8.65. The molecule has 4 heteroatoms. The molecule has 102 valence electrons. The third kappa shape index (κ3) is 2.11. The minimum atomic E-state index is -0.0495. The second-order valence-electron chi connectivity index (χ2n) is 6.29. The van der Waals surface area contributed by atoms with E-state index in [9.17, 15) is 4.79 Å². The Morgan fingerprint density at radius 1 is 1.17 bits per heavy atom. The summed E-state index contributed by atoms with van der Waals surface area (Å²) in [6.07, 6.45) is 5.87. The third-order valence-corrected chi connectivity index (χ3v) is 4.73. The van der Waals surface area contributed by atoms with Gasteiger partial charge in [-0.25, -0.2) is 4.79 Å². The molecule has 3 saturated heterocycles. The van der Waals surface area contributed by atoms with E-state index in [4.69, 9.17) is 4.74 Å². The molecule has 2 atom stereocenters. The van der Waals surface area contributed by atoms with Crippen LogP contribution >= 0.6 is 0 Å². The number of rotatable bonds is 2. The lowest BCUT2D eigenvalue weighted by Crippen LogP contribution is -2.71. The van der Waals surface area contributed by atoms with Crippen molar-refractivity contribution in [2.75, 3.05) is 13.1 Å². The molecule has 4 nitrogen and oxygen atoms in total. The molecule has 4 rings (SSSR count). The molecule has 0 aromatic rings. The number of hydrogen-bond donors (Lipinski definition) is 0. The summed E-state index contributed by atoms with van der Waals surface area (Å²) in [6, 6.07) is 1.39. The largest absolute Gasteiger partial charge is 0.446 e. The number of carbonyl (C=O) groups excluding carboxylic acids is 1. The number of nitrogens with zero attached hydrogens (tertiary/aromatic N) is 2. The number of piperidine rings is 1. The van der Waals surface area contributed by atoms with Gasteiger partial charge in [0.1, 0.15) is 6.10 Å². The monoisotopic (exact) mass is 252 g/mol. The fourth-order valence-corrected chi connectivity index (χ4v) is 3.57. The van der Waals surface area contributed by atoms with Gasteiger partial charge in [0.25, 0.3) is 0 Å². The van der Waals surface area contributed by atoms with Gasteiger partial charge in [-0.05, 0) is 46.0 Å². The van der Waals surface area contributed by atoms with Crippen molar-refractivity contribution in [3.05, 3.63) is 0 Å². The first kappa shape index (κ1) is 12.3. The first-order valence-electron chi connectivity index (χ1n) is 7.38. The lowest BCUT2D eigenvalue weighted by molar-refractivity contribution is -0.0738. The van der Waals surface area contributed by atoms with Crippen LogP contribution in [0.2, 0.25) is 0 Å². The van der Waals surface area contributed by atoms with Gasteiger partial charge in [-0.1, -0.05) is 0 Å². The van der Waals surface area contributed by atoms with Crippen molar-refractivity contribution in [2.45, 2.75) is 70.2 Å². The molecule has 0 spiro atoms. The number of carbonyl (C=O) groups is 1. The Morgan fingerprint density at radius 3 is 2.33 bits per heavy atom. The molecule has 3 heterocycles. The van der Waals surface area contributed by atoms with Gasteiger partial charge in [-0.15, -0.1) is 0 Å². The highest BCUT2D eigenvalue weighted by Gasteiger charge is 2.48. The fourth-order valence-electron chi connectivity index (χ4n) is 3.57. The van der Waals surface area contributed by atoms with Crippen LogP contribution in [0.3, 0.4) is 0 Å². The molecular weight excluding hydrogens is 228 g/mol. The topological polar surface area (TPSA) is 32.8 Å². The van der Waals surface area contributed by atoms with E-state index in [1.807, 2.05) is 4.90 Å². The molecule has 4 aliphatic rings. The lowest BCUT2D eigenvalue weighted by Gasteiger charge is -2.56. The number of fused-ring (bicyclic) bond motifs is 2. The zero-order chi connectivity index (χ0) is 12.7. The summed E-state index contributed by atoms with van der Waals surface area (Å²) in [5.74, 6) is 0. The van der Waals surface area contributed by atoms with Crippen LogP contribution in [0.4, 0.5) is 4.79 Å².